The van der Waals surface area contributed by atoms with Crippen LogP contribution in [-0.2, 0) is 0 Å². The minimum Gasteiger partial charge on any atom is -0.342 e. The predicted molar refractivity (Wildman–Crippen MR) is 71.2 cm³/mol. The van der Waals surface area contributed by atoms with Crippen LogP contribution in [0.1, 0.15) is 47.0 Å². The van der Waals surface area contributed by atoms with Crippen molar-refractivity contribution in [2.75, 3.05) is 13.6 Å². The van der Waals surface area contributed by atoms with Crippen molar-refractivity contribution in [3.05, 3.63) is 0 Å². The molecule has 0 saturated heterocycles. The molecule has 0 aliphatic rings. The topological polar surface area (TPSA) is 53.6 Å². The number of nitrogens with two attached hydrogens (primary N) is 1. The van der Waals surface area contributed by atoms with E-state index in [9.17, 15) is 0 Å². The molecule has 1 atom stereocenters. The van der Waals surface area contributed by atoms with E-state index in [4.69, 9.17) is 5.84 Å². The fourth-order valence-electron chi connectivity index (χ4n) is 1.65. The molecule has 0 heterocycles. The summed E-state index contributed by atoms with van der Waals surface area (Å²) in [7, 11) is 2.04. The average molecular weight is 228 g/mol. The lowest BCUT2D eigenvalue weighted by Crippen LogP contribution is -2.47. The van der Waals surface area contributed by atoms with Gasteiger partial charge in [-0.25, -0.2) is 5.84 Å². The van der Waals surface area contributed by atoms with Crippen LogP contribution in [0.15, 0.2) is 4.99 Å². The van der Waals surface area contributed by atoms with Crippen molar-refractivity contribution in [2.45, 2.75) is 53.0 Å². The van der Waals surface area contributed by atoms with Gasteiger partial charge in [0.2, 0.25) is 5.96 Å². The molecule has 0 amide bonds. The van der Waals surface area contributed by atoms with Crippen LogP contribution in [0.25, 0.3) is 0 Å². The van der Waals surface area contributed by atoms with Gasteiger partial charge >= 0.3 is 0 Å². The number of hydrogen-bond acceptors (Lipinski definition) is 2. The van der Waals surface area contributed by atoms with Crippen LogP contribution in [0.3, 0.4) is 0 Å². The molecule has 4 heteroatoms. The van der Waals surface area contributed by atoms with Crippen molar-refractivity contribution in [2.24, 2.45) is 16.8 Å². The molecular weight excluding hydrogens is 200 g/mol. The van der Waals surface area contributed by atoms with E-state index in [2.05, 4.69) is 43.0 Å². The molecule has 3 N–H and O–H groups in total. The first-order valence-corrected chi connectivity index (χ1v) is 6.26. The van der Waals surface area contributed by atoms with E-state index < -0.39 is 0 Å². The lowest BCUT2D eigenvalue weighted by Gasteiger charge is -2.28. The van der Waals surface area contributed by atoms with Crippen molar-refractivity contribution in [3.8, 4) is 0 Å². The van der Waals surface area contributed by atoms with Gasteiger partial charge in [-0.1, -0.05) is 27.2 Å². The first-order chi connectivity index (χ1) is 7.52. The Labute approximate surface area is 100 Å². The summed E-state index contributed by atoms with van der Waals surface area (Å²) in [5.41, 5.74) is 2.69. The lowest BCUT2D eigenvalue weighted by atomic mass is 10.0. The number of hydrazine groups is 1. The fraction of sp³-hybridized carbons (Fsp3) is 0.917. The minimum atomic E-state index is 0.455. The summed E-state index contributed by atoms with van der Waals surface area (Å²) in [6, 6.07) is 0.455. The van der Waals surface area contributed by atoms with Crippen LogP contribution in [0.4, 0.5) is 0 Å². The highest BCUT2D eigenvalue weighted by Crippen LogP contribution is 2.09. The van der Waals surface area contributed by atoms with Gasteiger partial charge in [0.25, 0.3) is 0 Å². The van der Waals surface area contributed by atoms with Crippen molar-refractivity contribution >= 4 is 5.96 Å². The second-order valence-corrected chi connectivity index (χ2v) is 4.79. The first kappa shape index (κ1) is 15.2. The Hall–Kier alpha value is -0.770. The first-order valence-electron chi connectivity index (χ1n) is 6.26. The molecule has 0 saturated carbocycles. The molecule has 0 aromatic heterocycles. The Bertz CT molecular complexity index is 201. The van der Waals surface area contributed by atoms with Crippen LogP contribution < -0.4 is 11.3 Å². The fourth-order valence-corrected chi connectivity index (χ4v) is 1.65. The second kappa shape index (κ2) is 8.39. The Balaban J connectivity index is 4.27. The van der Waals surface area contributed by atoms with Crippen LogP contribution in [-0.4, -0.2) is 30.5 Å². The van der Waals surface area contributed by atoms with E-state index in [-0.39, 0.29) is 0 Å². The third-order valence-electron chi connectivity index (χ3n) is 2.71. The van der Waals surface area contributed by atoms with Crippen LogP contribution in [0, 0.1) is 5.92 Å². The van der Waals surface area contributed by atoms with E-state index in [1.807, 2.05) is 7.05 Å². The highest BCUT2D eigenvalue weighted by Gasteiger charge is 2.13. The summed E-state index contributed by atoms with van der Waals surface area (Å²) >= 11 is 0. The Morgan fingerprint density at radius 1 is 1.38 bits per heavy atom. The number of guanidine groups is 1. The van der Waals surface area contributed by atoms with Crippen molar-refractivity contribution < 1.29 is 0 Å². The number of aliphatic imine (C=N–C) groups is 1. The third-order valence-corrected chi connectivity index (χ3v) is 2.71. The number of unbranched alkanes of at least 4 members (excludes halogenated alkanes) is 1. The number of nitrogens with zero attached hydrogens (tertiary/aromatic N) is 2. The molecule has 0 aliphatic heterocycles. The maximum atomic E-state index is 5.50. The molecule has 0 radical (unpaired) electrons. The average Bonchev–Trinajstić information content (AvgIpc) is 2.22. The van der Waals surface area contributed by atoms with Gasteiger partial charge in [0, 0.05) is 19.6 Å². The normalized spacial score (nSPS) is 14.1. The molecule has 0 aliphatic carbocycles. The summed E-state index contributed by atoms with van der Waals surface area (Å²) in [6.45, 7) is 9.67. The van der Waals surface area contributed by atoms with Crippen molar-refractivity contribution in [1.29, 1.82) is 0 Å². The zero-order valence-corrected chi connectivity index (χ0v) is 11.5. The smallest absolute Gasteiger partial charge is 0.208 e. The summed E-state index contributed by atoms with van der Waals surface area (Å²) in [6.07, 6.45) is 3.41. The van der Waals surface area contributed by atoms with Gasteiger partial charge in [-0.05, 0) is 25.7 Å². The number of hydrogen-bond donors (Lipinski definition) is 2. The highest BCUT2D eigenvalue weighted by atomic mass is 15.4. The van der Waals surface area contributed by atoms with Gasteiger partial charge < -0.3 is 4.90 Å². The van der Waals surface area contributed by atoms with Crippen LogP contribution in [0.5, 0.6) is 0 Å². The van der Waals surface area contributed by atoms with Crippen LogP contribution >= 0.6 is 0 Å². The van der Waals surface area contributed by atoms with Crippen molar-refractivity contribution in [1.82, 2.24) is 10.3 Å². The predicted octanol–water partition coefficient (Wildman–Crippen LogP) is 1.97. The van der Waals surface area contributed by atoms with Gasteiger partial charge in [0.1, 0.15) is 0 Å². The minimum absolute atomic E-state index is 0.455. The largest absolute Gasteiger partial charge is 0.342 e. The summed E-state index contributed by atoms with van der Waals surface area (Å²) in [4.78, 5) is 6.59. The molecule has 0 fully saturated rings. The monoisotopic (exact) mass is 228 g/mol. The second-order valence-electron chi connectivity index (χ2n) is 4.79. The molecule has 0 aromatic carbocycles. The maximum absolute atomic E-state index is 5.50. The number of nitrogens with one attached hydrogen (secondary N) is 1. The summed E-state index contributed by atoms with van der Waals surface area (Å²) < 4.78 is 0. The molecule has 0 bridgehead atoms. The molecule has 4 nitrogen and oxygen atoms in total. The van der Waals surface area contributed by atoms with Gasteiger partial charge in [0.15, 0.2) is 0 Å². The molecule has 0 rings (SSSR count). The van der Waals surface area contributed by atoms with E-state index in [0.717, 1.165) is 31.8 Å². The molecule has 16 heavy (non-hydrogen) atoms. The SMILES string of the molecule is CCCCN=C(NN)N(C)C(C)CC(C)C. The molecular formula is C12H28N4. The summed E-state index contributed by atoms with van der Waals surface area (Å²) in [5, 5.41) is 0. The van der Waals surface area contributed by atoms with Gasteiger partial charge in [0.05, 0.1) is 0 Å². The quantitative estimate of drug-likeness (QED) is 0.240. The summed E-state index contributed by atoms with van der Waals surface area (Å²) in [5.74, 6) is 6.98. The standard InChI is InChI=1S/C12H28N4/c1-6-7-8-14-12(15-13)16(5)11(4)9-10(2)3/h10-11H,6-9,13H2,1-5H3,(H,14,15). The zero-order chi connectivity index (χ0) is 12.6. The number of rotatable bonds is 6. The third kappa shape index (κ3) is 5.95. The Morgan fingerprint density at radius 3 is 2.44 bits per heavy atom. The highest BCUT2D eigenvalue weighted by molar-refractivity contribution is 5.79. The van der Waals surface area contributed by atoms with E-state index in [0.29, 0.717) is 12.0 Å². The van der Waals surface area contributed by atoms with E-state index in [1.165, 1.54) is 0 Å². The van der Waals surface area contributed by atoms with Crippen molar-refractivity contribution in [3.63, 3.8) is 0 Å². The Kier molecular flexibility index (Phi) is 7.99. The molecule has 1 unspecified atom stereocenters. The van der Waals surface area contributed by atoms with Gasteiger partial charge in [-0.2, -0.15) is 0 Å². The van der Waals surface area contributed by atoms with E-state index >= 15 is 0 Å². The Morgan fingerprint density at radius 2 is 2.00 bits per heavy atom. The molecule has 0 spiro atoms. The van der Waals surface area contributed by atoms with Gasteiger partial charge in [-0.15, -0.1) is 0 Å². The molecule has 96 valence electrons. The maximum Gasteiger partial charge on any atom is 0.208 e. The zero-order valence-electron chi connectivity index (χ0n) is 11.5. The van der Waals surface area contributed by atoms with E-state index in [1.54, 1.807) is 0 Å². The van der Waals surface area contributed by atoms with Gasteiger partial charge in [-0.3, -0.25) is 10.4 Å². The molecule has 0 aromatic rings. The lowest BCUT2D eigenvalue weighted by molar-refractivity contribution is 0.323. The van der Waals surface area contributed by atoms with Crippen LogP contribution in [0.2, 0.25) is 0 Å².